The van der Waals surface area contributed by atoms with Gasteiger partial charge in [-0.1, -0.05) is 12.1 Å². The molecule has 76 valence electrons. The highest BCUT2D eigenvalue weighted by Crippen LogP contribution is 2.28. The SMILES string of the molecule is COc1ccccc1OC1CCOC1. The Balaban J connectivity index is 2.07. The Hall–Kier alpha value is -1.22. The second kappa shape index (κ2) is 4.33. The molecule has 1 fully saturated rings. The highest BCUT2D eigenvalue weighted by molar-refractivity contribution is 5.39. The van der Waals surface area contributed by atoms with E-state index in [2.05, 4.69) is 0 Å². The second-order valence-electron chi connectivity index (χ2n) is 3.25. The van der Waals surface area contributed by atoms with Gasteiger partial charge in [-0.15, -0.1) is 0 Å². The first-order chi connectivity index (χ1) is 6.90. The van der Waals surface area contributed by atoms with E-state index < -0.39 is 0 Å². The van der Waals surface area contributed by atoms with Crippen molar-refractivity contribution in [3.63, 3.8) is 0 Å². The van der Waals surface area contributed by atoms with Crippen molar-refractivity contribution in [2.75, 3.05) is 20.3 Å². The van der Waals surface area contributed by atoms with Gasteiger partial charge in [0.2, 0.25) is 0 Å². The fourth-order valence-electron chi connectivity index (χ4n) is 1.50. The molecule has 0 bridgehead atoms. The normalized spacial score (nSPS) is 20.8. The third-order valence-electron chi connectivity index (χ3n) is 2.25. The van der Waals surface area contributed by atoms with E-state index in [1.165, 1.54) is 0 Å². The second-order valence-corrected chi connectivity index (χ2v) is 3.25. The summed E-state index contributed by atoms with van der Waals surface area (Å²) in [4.78, 5) is 0. The van der Waals surface area contributed by atoms with Gasteiger partial charge in [0.25, 0.3) is 0 Å². The average molecular weight is 194 g/mol. The highest BCUT2D eigenvalue weighted by atomic mass is 16.6. The van der Waals surface area contributed by atoms with Crippen LogP contribution in [0.15, 0.2) is 24.3 Å². The van der Waals surface area contributed by atoms with Gasteiger partial charge in [-0.05, 0) is 12.1 Å². The van der Waals surface area contributed by atoms with Gasteiger partial charge >= 0.3 is 0 Å². The van der Waals surface area contributed by atoms with Gasteiger partial charge in [0, 0.05) is 6.42 Å². The minimum Gasteiger partial charge on any atom is -0.493 e. The first-order valence-corrected chi connectivity index (χ1v) is 4.77. The van der Waals surface area contributed by atoms with Crippen LogP contribution in [-0.4, -0.2) is 26.4 Å². The van der Waals surface area contributed by atoms with E-state index in [1.54, 1.807) is 7.11 Å². The van der Waals surface area contributed by atoms with Gasteiger partial charge in [0.05, 0.1) is 20.3 Å². The van der Waals surface area contributed by atoms with E-state index in [9.17, 15) is 0 Å². The number of rotatable bonds is 3. The number of hydrogen-bond acceptors (Lipinski definition) is 3. The molecule has 1 aliphatic heterocycles. The molecule has 1 atom stereocenters. The van der Waals surface area contributed by atoms with Crippen LogP contribution in [0.5, 0.6) is 11.5 Å². The third kappa shape index (κ3) is 1.99. The van der Waals surface area contributed by atoms with E-state index in [1.807, 2.05) is 24.3 Å². The lowest BCUT2D eigenvalue weighted by molar-refractivity contribution is 0.138. The summed E-state index contributed by atoms with van der Waals surface area (Å²) in [6.45, 7) is 1.47. The van der Waals surface area contributed by atoms with Gasteiger partial charge < -0.3 is 14.2 Å². The molecule has 1 unspecified atom stereocenters. The zero-order valence-electron chi connectivity index (χ0n) is 8.23. The topological polar surface area (TPSA) is 27.7 Å². The summed E-state index contributed by atoms with van der Waals surface area (Å²) in [5, 5.41) is 0. The van der Waals surface area contributed by atoms with E-state index >= 15 is 0 Å². The minimum absolute atomic E-state index is 0.172. The predicted molar refractivity (Wildman–Crippen MR) is 52.8 cm³/mol. The summed E-state index contributed by atoms with van der Waals surface area (Å²) >= 11 is 0. The molecule has 0 saturated carbocycles. The fraction of sp³-hybridized carbons (Fsp3) is 0.455. The van der Waals surface area contributed by atoms with Crippen molar-refractivity contribution in [3.05, 3.63) is 24.3 Å². The van der Waals surface area contributed by atoms with Crippen LogP contribution in [0.1, 0.15) is 6.42 Å². The van der Waals surface area contributed by atoms with Crippen molar-refractivity contribution >= 4 is 0 Å². The van der Waals surface area contributed by atoms with Crippen molar-refractivity contribution in [2.45, 2.75) is 12.5 Å². The molecule has 0 aliphatic carbocycles. The van der Waals surface area contributed by atoms with Crippen LogP contribution in [-0.2, 0) is 4.74 Å². The van der Waals surface area contributed by atoms with Crippen molar-refractivity contribution < 1.29 is 14.2 Å². The number of para-hydroxylation sites is 2. The van der Waals surface area contributed by atoms with Crippen LogP contribution in [0.25, 0.3) is 0 Å². The van der Waals surface area contributed by atoms with Crippen molar-refractivity contribution in [1.82, 2.24) is 0 Å². The molecule has 3 nitrogen and oxygen atoms in total. The molecule has 0 radical (unpaired) electrons. The lowest BCUT2D eigenvalue weighted by Crippen LogP contribution is -2.16. The van der Waals surface area contributed by atoms with Crippen molar-refractivity contribution in [2.24, 2.45) is 0 Å². The van der Waals surface area contributed by atoms with E-state index in [4.69, 9.17) is 14.2 Å². The van der Waals surface area contributed by atoms with Crippen LogP contribution in [0.2, 0.25) is 0 Å². The molecule has 1 saturated heterocycles. The Morgan fingerprint density at radius 2 is 2.07 bits per heavy atom. The third-order valence-corrected chi connectivity index (χ3v) is 2.25. The first kappa shape index (κ1) is 9.34. The molecule has 1 aromatic rings. The maximum absolute atomic E-state index is 5.75. The standard InChI is InChI=1S/C11H14O3/c1-12-10-4-2-3-5-11(10)14-9-6-7-13-8-9/h2-5,9H,6-8H2,1H3. The molecule has 3 heteroatoms. The largest absolute Gasteiger partial charge is 0.493 e. The Labute approximate surface area is 83.6 Å². The van der Waals surface area contributed by atoms with E-state index in [0.29, 0.717) is 6.61 Å². The van der Waals surface area contributed by atoms with Gasteiger partial charge in [0.15, 0.2) is 11.5 Å². The Bertz CT molecular complexity index is 292. The molecule has 0 aromatic heterocycles. The minimum atomic E-state index is 0.172. The maximum atomic E-state index is 5.75. The quantitative estimate of drug-likeness (QED) is 0.735. The number of benzene rings is 1. The van der Waals surface area contributed by atoms with Crippen LogP contribution in [0.3, 0.4) is 0 Å². The van der Waals surface area contributed by atoms with Gasteiger partial charge in [-0.2, -0.15) is 0 Å². The number of hydrogen-bond donors (Lipinski definition) is 0. The molecule has 0 amide bonds. The summed E-state index contributed by atoms with van der Waals surface area (Å²) in [5.41, 5.74) is 0. The van der Waals surface area contributed by atoms with Crippen molar-refractivity contribution in [3.8, 4) is 11.5 Å². The highest BCUT2D eigenvalue weighted by Gasteiger charge is 2.18. The molecule has 0 N–H and O–H groups in total. The summed E-state index contributed by atoms with van der Waals surface area (Å²) in [6.07, 6.45) is 1.13. The molecule has 0 spiro atoms. The maximum Gasteiger partial charge on any atom is 0.161 e. The molecular weight excluding hydrogens is 180 g/mol. The fourth-order valence-corrected chi connectivity index (χ4v) is 1.50. The zero-order valence-corrected chi connectivity index (χ0v) is 8.23. The van der Waals surface area contributed by atoms with Crippen molar-refractivity contribution in [1.29, 1.82) is 0 Å². The van der Waals surface area contributed by atoms with E-state index in [-0.39, 0.29) is 6.10 Å². The van der Waals surface area contributed by atoms with Crippen LogP contribution in [0, 0.1) is 0 Å². The molecule has 2 rings (SSSR count). The molecule has 1 aromatic carbocycles. The van der Waals surface area contributed by atoms with Crippen LogP contribution >= 0.6 is 0 Å². The zero-order chi connectivity index (χ0) is 9.80. The first-order valence-electron chi connectivity index (χ1n) is 4.77. The number of methoxy groups -OCH3 is 1. The smallest absolute Gasteiger partial charge is 0.161 e. The summed E-state index contributed by atoms with van der Waals surface area (Å²) in [5.74, 6) is 1.57. The molecule has 14 heavy (non-hydrogen) atoms. The van der Waals surface area contributed by atoms with Gasteiger partial charge in [0.1, 0.15) is 6.10 Å². The molecule has 1 aliphatic rings. The van der Waals surface area contributed by atoms with E-state index in [0.717, 1.165) is 24.5 Å². The Kier molecular flexibility index (Phi) is 2.89. The van der Waals surface area contributed by atoms with Gasteiger partial charge in [-0.25, -0.2) is 0 Å². The number of ether oxygens (including phenoxy) is 3. The van der Waals surface area contributed by atoms with Crippen LogP contribution < -0.4 is 9.47 Å². The lowest BCUT2D eigenvalue weighted by Gasteiger charge is -2.14. The Morgan fingerprint density at radius 1 is 1.29 bits per heavy atom. The summed E-state index contributed by atoms with van der Waals surface area (Å²) in [6, 6.07) is 7.67. The van der Waals surface area contributed by atoms with Crippen LogP contribution in [0.4, 0.5) is 0 Å². The van der Waals surface area contributed by atoms with Gasteiger partial charge in [-0.3, -0.25) is 0 Å². The Morgan fingerprint density at radius 3 is 2.71 bits per heavy atom. The average Bonchev–Trinajstić information content (AvgIpc) is 2.71. The molecule has 1 heterocycles. The summed E-state index contributed by atoms with van der Waals surface area (Å²) in [7, 11) is 1.65. The lowest BCUT2D eigenvalue weighted by atomic mass is 10.3. The molecular formula is C11H14O3. The summed E-state index contributed by atoms with van der Waals surface area (Å²) < 4.78 is 16.2. The predicted octanol–water partition coefficient (Wildman–Crippen LogP) is 1.86. The monoisotopic (exact) mass is 194 g/mol.